The molecule has 188 valence electrons. The lowest BCUT2D eigenvalue weighted by Crippen LogP contribution is -2.32. The van der Waals surface area contributed by atoms with Gasteiger partial charge in [0.25, 0.3) is 5.91 Å². The van der Waals surface area contributed by atoms with Gasteiger partial charge in [-0.1, -0.05) is 18.7 Å². The van der Waals surface area contributed by atoms with Gasteiger partial charge in [-0.05, 0) is 42.2 Å². The fourth-order valence-electron chi connectivity index (χ4n) is 3.55. The minimum atomic E-state index is -4.41. The summed E-state index contributed by atoms with van der Waals surface area (Å²) < 4.78 is 63.2. The molecule has 2 N–H and O–H groups in total. The summed E-state index contributed by atoms with van der Waals surface area (Å²) >= 11 is 0. The number of amides is 2. The van der Waals surface area contributed by atoms with Crippen LogP contribution in [-0.2, 0) is 34.0 Å². The van der Waals surface area contributed by atoms with Crippen molar-refractivity contribution in [3.63, 3.8) is 0 Å². The average Bonchev–Trinajstić information content (AvgIpc) is 3.30. The van der Waals surface area contributed by atoms with Crippen LogP contribution in [0.3, 0.4) is 0 Å². The number of rotatable bonds is 9. The van der Waals surface area contributed by atoms with Gasteiger partial charge in [0.2, 0.25) is 15.9 Å². The first kappa shape index (κ1) is 26.4. The van der Waals surface area contributed by atoms with E-state index in [1.165, 1.54) is 18.3 Å². The Morgan fingerprint density at radius 2 is 1.89 bits per heavy atom. The number of nitrogens with one attached hydrogen (secondary N) is 2. The van der Waals surface area contributed by atoms with Crippen molar-refractivity contribution in [2.24, 2.45) is 5.92 Å². The number of benzene rings is 1. The van der Waals surface area contributed by atoms with E-state index >= 15 is 0 Å². The molecule has 3 rings (SSSR count). The Labute approximate surface area is 201 Å². The van der Waals surface area contributed by atoms with E-state index in [1.807, 2.05) is 0 Å². The number of halogens is 3. The predicted octanol–water partition coefficient (Wildman–Crippen LogP) is 2.48. The number of sulfonamides is 1. The number of hydrogen-bond donors (Lipinski definition) is 2. The normalized spacial score (nSPS) is 16.2. The Morgan fingerprint density at radius 3 is 2.49 bits per heavy atom. The van der Waals surface area contributed by atoms with Gasteiger partial charge in [-0.25, -0.2) is 13.1 Å². The van der Waals surface area contributed by atoms with Gasteiger partial charge < -0.3 is 10.2 Å². The van der Waals surface area contributed by atoms with Crippen molar-refractivity contribution in [1.29, 1.82) is 0 Å². The molecule has 2 heterocycles. The van der Waals surface area contributed by atoms with Crippen molar-refractivity contribution in [3.05, 3.63) is 77.0 Å². The third-order valence-corrected chi connectivity index (χ3v) is 6.56. The number of hydrogen-bond acceptors (Lipinski definition) is 5. The highest BCUT2D eigenvalue weighted by Gasteiger charge is 2.30. The van der Waals surface area contributed by atoms with Crippen LogP contribution in [-0.4, -0.2) is 49.8 Å². The highest BCUT2D eigenvalue weighted by atomic mass is 32.2. The number of likely N-dealkylation sites (tertiary alicyclic amines) is 1. The molecule has 0 saturated carbocycles. The zero-order chi connectivity index (χ0) is 25.6. The molecule has 0 radical (unpaired) electrons. The molecule has 0 unspecified atom stereocenters. The Morgan fingerprint density at radius 1 is 1.17 bits per heavy atom. The molecule has 8 nitrogen and oxygen atoms in total. The molecule has 1 aliphatic heterocycles. The van der Waals surface area contributed by atoms with Crippen LogP contribution >= 0.6 is 0 Å². The maximum Gasteiger partial charge on any atom is 0.416 e. The summed E-state index contributed by atoms with van der Waals surface area (Å²) in [7, 11) is -3.51. The number of alkyl halides is 3. The molecule has 1 fully saturated rings. The quantitative estimate of drug-likeness (QED) is 0.539. The summed E-state index contributed by atoms with van der Waals surface area (Å²) in [6, 6.07) is 7.67. The Hall–Kier alpha value is -3.25. The lowest BCUT2D eigenvalue weighted by Gasteiger charge is -2.16. The number of carbonyl (C=O) groups excluding carboxylic acids is 2. The molecule has 0 aliphatic carbocycles. The molecule has 1 atom stereocenters. The van der Waals surface area contributed by atoms with Crippen LogP contribution < -0.4 is 10.0 Å². The van der Waals surface area contributed by atoms with Gasteiger partial charge in [-0.3, -0.25) is 14.6 Å². The van der Waals surface area contributed by atoms with E-state index in [2.05, 4.69) is 21.6 Å². The number of nitrogens with zero attached hydrogens (tertiary/aromatic N) is 2. The van der Waals surface area contributed by atoms with Gasteiger partial charge in [0.15, 0.2) is 0 Å². The van der Waals surface area contributed by atoms with Crippen molar-refractivity contribution in [2.75, 3.05) is 19.6 Å². The molecule has 0 spiro atoms. The van der Waals surface area contributed by atoms with E-state index in [-0.39, 0.29) is 37.2 Å². The first-order valence-electron chi connectivity index (χ1n) is 10.8. The van der Waals surface area contributed by atoms with E-state index in [9.17, 15) is 31.2 Å². The molecule has 1 aliphatic rings. The van der Waals surface area contributed by atoms with Gasteiger partial charge in [-0.2, -0.15) is 13.2 Å². The third-order valence-electron chi connectivity index (χ3n) is 5.55. The van der Waals surface area contributed by atoms with E-state index in [0.717, 1.165) is 17.5 Å². The van der Waals surface area contributed by atoms with Crippen LogP contribution in [0.15, 0.2) is 54.6 Å². The summed E-state index contributed by atoms with van der Waals surface area (Å²) in [5, 5.41) is 3.47. The molecule has 12 heteroatoms. The summed E-state index contributed by atoms with van der Waals surface area (Å²) in [6.45, 7) is 4.44. The van der Waals surface area contributed by atoms with E-state index in [4.69, 9.17) is 0 Å². The van der Waals surface area contributed by atoms with Crippen LogP contribution in [0.5, 0.6) is 0 Å². The van der Waals surface area contributed by atoms with Crippen LogP contribution in [0.2, 0.25) is 0 Å². The van der Waals surface area contributed by atoms with Crippen LogP contribution in [0.1, 0.15) is 33.6 Å². The largest absolute Gasteiger partial charge is 0.416 e. The fourth-order valence-corrected chi connectivity index (χ4v) is 4.14. The maximum atomic E-state index is 12.7. The zero-order valence-corrected chi connectivity index (χ0v) is 19.5. The molecule has 1 aromatic carbocycles. The van der Waals surface area contributed by atoms with Gasteiger partial charge in [-0.15, -0.1) is 0 Å². The second-order valence-corrected chi connectivity index (χ2v) is 9.86. The first-order chi connectivity index (χ1) is 16.5. The van der Waals surface area contributed by atoms with Gasteiger partial charge in [0.1, 0.15) is 0 Å². The zero-order valence-electron chi connectivity index (χ0n) is 18.7. The Balaban J connectivity index is 1.46. The predicted molar refractivity (Wildman–Crippen MR) is 122 cm³/mol. The maximum absolute atomic E-state index is 12.7. The molecule has 35 heavy (non-hydrogen) atoms. The minimum absolute atomic E-state index is 0.00531. The molecular formula is C23H25F3N4O4S. The summed E-state index contributed by atoms with van der Waals surface area (Å²) in [5.74, 6) is -0.597. The standard InChI is InChI=1S/C23H25F3N4O4S/c1-2-35(33,34)29-13-17-9-10-30(15-17)22(32)18-5-8-20(27-14-18)11-21(31)28-12-16-3-6-19(7-4-16)23(24,25)26/h2-8,14,17,29H,1,9-13,15H2,(H,28,31)/t17-/m0/s1. The smallest absolute Gasteiger partial charge is 0.352 e. The SMILES string of the molecule is C=CS(=O)(=O)NC[C@@H]1CCN(C(=O)c2ccc(CC(=O)NCc3ccc(C(F)(F)F)cc3)nc2)C1. The van der Waals surface area contributed by atoms with Crippen molar-refractivity contribution in [1.82, 2.24) is 19.9 Å². The van der Waals surface area contributed by atoms with E-state index in [1.54, 1.807) is 17.0 Å². The van der Waals surface area contributed by atoms with E-state index < -0.39 is 21.8 Å². The van der Waals surface area contributed by atoms with Gasteiger partial charge >= 0.3 is 6.18 Å². The third kappa shape index (κ3) is 7.62. The average molecular weight is 511 g/mol. The minimum Gasteiger partial charge on any atom is -0.352 e. The first-order valence-corrected chi connectivity index (χ1v) is 12.3. The van der Waals surface area contributed by atoms with Crippen molar-refractivity contribution >= 4 is 21.8 Å². The topological polar surface area (TPSA) is 108 Å². The molecule has 1 aromatic heterocycles. The highest BCUT2D eigenvalue weighted by Crippen LogP contribution is 2.29. The lowest BCUT2D eigenvalue weighted by atomic mass is 10.1. The molecular weight excluding hydrogens is 485 g/mol. The van der Waals surface area contributed by atoms with Crippen molar-refractivity contribution in [2.45, 2.75) is 25.6 Å². The van der Waals surface area contributed by atoms with Gasteiger partial charge in [0, 0.05) is 43.5 Å². The van der Waals surface area contributed by atoms with Crippen molar-refractivity contribution < 1.29 is 31.2 Å². The second kappa shape index (κ2) is 11.0. The molecule has 2 aromatic rings. The number of carbonyl (C=O) groups is 2. The Kier molecular flexibility index (Phi) is 8.28. The van der Waals surface area contributed by atoms with Crippen LogP contribution in [0.4, 0.5) is 13.2 Å². The summed E-state index contributed by atoms with van der Waals surface area (Å²) in [4.78, 5) is 30.7. The fraction of sp³-hybridized carbons (Fsp3) is 0.348. The molecule has 1 saturated heterocycles. The van der Waals surface area contributed by atoms with Crippen LogP contribution in [0.25, 0.3) is 0 Å². The summed E-state index contributed by atoms with van der Waals surface area (Å²) in [6.07, 6.45) is -2.42. The second-order valence-electron chi connectivity index (χ2n) is 8.15. The highest BCUT2D eigenvalue weighted by molar-refractivity contribution is 7.92. The monoisotopic (exact) mass is 510 g/mol. The van der Waals surface area contributed by atoms with E-state index in [0.29, 0.717) is 36.3 Å². The van der Waals surface area contributed by atoms with Crippen molar-refractivity contribution in [3.8, 4) is 0 Å². The Bertz CT molecular complexity index is 1170. The lowest BCUT2D eigenvalue weighted by molar-refractivity contribution is -0.137. The number of aromatic nitrogens is 1. The van der Waals surface area contributed by atoms with Gasteiger partial charge in [0.05, 0.1) is 17.5 Å². The number of pyridine rings is 1. The molecule has 2 amide bonds. The van der Waals surface area contributed by atoms with Crippen LogP contribution in [0, 0.1) is 5.92 Å². The molecule has 0 bridgehead atoms. The summed E-state index contributed by atoms with van der Waals surface area (Å²) in [5.41, 5.74) is 0.561.